The Bertz CT molecular complexity index is 346. The zero-order valence-electron chi connectivity index (χ0n) is 10.4. The average Bonchev–Trinajstić information content (AvgIpc) is 2.35. The highest BCUT2D eigenvalue weighted by molar-refractivity contribution is 6.30. The molecule has 0 radical (unpaired) electrons. The number of hydrogen-bond donors (Lipinski definition) is 0. The maximum absolute atomic E-state index is 11.8. The van der Waals surface area contributed by atoms with Gasteiger partial charge in [0.2, 0.25) is 0 Å². The quantitative estimate of drug-likeness (QED) is 0.701. The zero-order chi connectivity index (χ0) is 12.7. The predicted octanol–water partition coefficient (Wildman–Crippen LogP) is 4.47. The van der Waals surface area contributed by atoms with Crippen LogP contribution in [0.3, 0.4) is 0 Å². The van der Waals surface area contributed by atoms with Crippen molar-refractivity contribution in [2.24, 2.45) is 0 Å². The molecule has 1 atom stereocenters. The van der Waals surface area contributed by atoms with Crippen LogP contribution in [0.5, 0.6) is 0 Å². The van der Waals surface area contributed by atoms with Crippen LogP contribution in [0.2, 0.25) is 5.02 Å². The van der Waals surface area contributed by atoms with Gasteiger partial charge in [-0.25, -0.2) is 4.79 Å². The Labute approximate surface area is 108 Å². The van der Waals surface area contributed by atoms with E-state index >= 15 is 0 Å². The van der Waals surface area contributed by atoms with Crippen molar-refractivity contribution in [2.75, 3.05) is 0 Å². The highest BCUT2D eigenvalue weighted by Gasteiger charge is 2.13. The van der Waals surface area contributed by atoms with Gasteiger partial charge in [-0.3, -0.25) is 0 Å². The number of carbonyl (C=O) groups excluding carboxylic acids is 1. The van der Waals surface area contributed by atoms with Crippen molar-refractivity contribution in [2.45, 2.75) is 45.6 Å². The number of rotatable bonds is 6. The van der Waals surface area contributed by atoms with E-state index in [0.29, 0.717) is 10.6 Å². The van der Waals surface area contributed by atoms with Crippen LogP contribution in [0.4, 0.5) is 0 Å². The van der Waals surface area contributed by atoms with Gasteiger partial charge >= 0.3 is 5.97 Å². The lowest BCUT2D eigenvalue weighted by Crippen LogP contribution is -2.17. The number of halogens is 1. The Morgan fingerprint density at radius 3 is 2.47 bits per heavy atom. The largest absolute Gasteiger partial charge is 0.459 e. The molecule has 2 nitrogen and oxygen atoms in total. The second-order valence-electron chi connectivity index (χ2n) is 4.08. The number of carbonyl (C=O) groups is 1. The molecule has 94 valence electrons. The molecule has 0 bridgehead atoms. The highest BCUT2D eigenvalue weighted by Crippen LogP contribution is 2.14. The van der Waals surface area contributed by atoms with Crippen LogP contribution in [0.15, 0.2) is 24.3 Å². The van der Waals surface area contributed by atoms with Crippen LogP contribution < -0.4 is 0 Å². The summed E-state index contributed by atoms with van der Waals surface area (Å²) in [5.74, 6) is -0.260. The summed E-state index contributed by atoms with van der Waals surface area (Å²) in [7, 11) is 0. The summed E-state index contributed by atoms with van der Waals surface area (Å²) < 4.78 is 5.45. The van der Waals surface area contributed by atoms with Gasteiger partial charge in [0, 0.05) is 5.02 Å². The monoisotopic (exact) mass is 254 g/mol. The Kier molecular flexibility index (Phi) is 6.06. The number of hydrogen-bond acceptors (Lipinski definition) is 2. The molecule has 0 fully saturated rings. The van der Waals surface area contributed by atoms with Gasteiger partial charge < -0.3 is 4.74 Å². The van der Waals surface area contributed by atoms with Crippen molar-refractivity contribution in [1.29, 1.82) is 0 Å². The van der Waals surface area contributed by atoms with Gasteiger partial charge in [-0.2, -0.15) is 0 Å². The Morgan fingerprint density at radius 2 is 1.94 bits per heavy atom. The Morgan fingerprint density at radius 1 is 1.29 bits per heavy atom. The van der Waals surface area contributed by atoms with E-state index in [-0.39, 0.29) is 12.1 Å². The summed E-state index contributed by atoms with van der Waals surface area (Å²) in [5.41, 5.74) is 0.560. The van der Waals surface area contributed by atoms with Crippen molar-refractivity contribution in [3.8, 4) is 0 Å². The second kappa shape index (κ2) is 7.33. The number of ether oxygens (including phenoxy) is 1. The third-order valence-electron chi connectivity index (χ3n) is 2.69. The summed E-state index contributed by atoms with van der Waals surface area (Å²) in [6.07, 6.45) is 4.03. The fourth-order valence-corrected chi connectivity index (χ4v) is 1.71. The molecule has 0 saturated heterocycles. The molecule has 1 aromatic rings. The number of benzene rings is 1. The van der Waals surface area contributed by atoms with Gasteiger partial charge in [0.25, 0.3) is 0 Å². The fraction of sp³-hybridized carbons (Fsp3) is 0.500. The van der Waals surface area contributed by atoms with Gasteiger partial charge in [-0.05, 0) is 37.1 Å². The van der Waals surface area contributed by atoms with Crippen molar-refractivity contribution >= 4 is 17.6 Å². The first-order valence-electron chi connectivity index (χ1n) is 6.14. The molecule has 0 aliphatic rings. The molecular weight excluding hydrogens is 236 g/mol. The van der Waals surface area contributed by atoms with Crippen molar-refractivity contribution < 1.29 is 9.53 Å². The first-order chi connectivity index (χ1) is 8.17. The Balaban J connectivity index is 2.54. The molecule has 0 aliphatic heterocycles. The third-order valence-corrected chi connectivity index (χ3v) is 2.94. The van der Waals surface area contributed by atoms with Crippen LogP contribution in [0, 0.1) is 0 Å². The SMILES string of the molecule is CCCC[C@H](CC)OC(=O)c1ccc(Cl)cc1. The van der Waals surface area contributed by atoms with Gasteiger partial charge in [0.15, 0.2) is 0 Å². The van der Waals surface area contributed by atoms with E-state index in [0.717, 1.165) is 25.7 Å². The van der Waals surface area contributed by atoms with E-state index in [1.165, 1.54) is 0 Å². The normalized spacial score (nSPS) is 12.2. The summed E-state index contributed by atoms with van der Waals surface area (Å²) in [4.78, 5) is 11.8. The van der Waals surface area contributed by atoms with Gasteiger partial charge in [0.05, 0.1) is 5.56 Å². The number of unbranched alkanes of at least 4 members (excludes halogenated alkanes) is 1. The van der Waals surface area contributed by atoms with Crippen LogP contribution in [-0.2, 0) is 4.74 Å². The molecule has 3 heteroatoms. The predicted molar refractivity (Wildman–Crippen MR) is 70.5 cm³/mol. The Hall–Kier alpha value is -1.02. The van der Waals surface area contributed by atoms with E-state index in [2.05, 4.69) is 6.92 Å². The third kappa shape index (κ3) is 4.78. The van der Waals surface area contributed by atoms with Gasteiger partial charge in [-0.15, -0.1) is 0 Å². The lowest BCUT2D eigenvalue weighted by molar-refractivity contribution is 0.0268. The number of esters is 1. The second-order valence-corrected chi connectivity index (χ2v) is 4.52. The minimum Gasteiger partial charge on any atom is -0.459 e. The summed E-state index contributed by atoms with van der Waals surface area (Å²) in [6.45, 7) is 4.17. The molecule has 0 amide bonds. The van der Waals surface area contributed by atoms with Crippen molar-refractivity contribution in [3.05, 3.63) is 34.9 Å². The molecule has 17 heavy (non-hydrogen) atoms. The topological polar surface area (TPSA) is 26.3 Å². The first-order valence-corrected chi connectivity index (χ1v) is 6.51. The maximum atomic E-state index is 11.8. The lowest BCUT2D eigenvalue weighted by Gasteiger charge is -2.15. The molecule has 0 aliphatic carbocycles. The first kappa shape index (κ1) is 14.0. The summed E-state index contributed by atoms with van der Waals surface area (Å²) in [5, 5.41) is 0.625. The minimum atomic E-state index is -0.260. The molecule has 1 aromatic carbocycles. The molecule has 0 unspecified atom stereocenters. The summed E-state index contributed by atoms with van der Waals surface area (Å²) in [6, 6.07) is 6.78. The molecular formula is C14H19ClO2. The molecule has 0 aromatic heterocycles. The molecule has 0 N–H and O–H groups in total. The van der Waals surface area contributed by atoms with Crippen molar-refractivity contribution in [3.63, 3.8) is 0 Å². The van der Waals surface area contributed by atoms with Crippen molar-refractivity contribution in [1.82, 2.24) is 0 Å². The molecule has 0 saturated carbocycles. The average molecular weight is 255 g/mol. The van der Waals surface area contributed by atoms with E-state index < -0.39 is 0 Å². The molecule has 0 spiro atoms. The molecule has 0 heterocycles. The maximum Gasteiger partial charge on any atom is 0.338 e. The summed E-state index contributed by atoms with van der Waals surface area (Å²) >= 11 is 5.77. The molecule has 1 rings (SSSR count). The van der Waals surface area contributed by atoms with Crippen LogP contribution >= 0.6 is 11.6 Å². The lowest BCUT2D eigenvalue weighted by atomic mass is 10.1. The van der Waals surface area contributed by atoms with Crippen LogP contribution in [0.25, 0.3) is 0 Å². The highest BCUT2D eigenvalue weighted by atomic mass is 35.5. The smallest absolute Gasteiger partial charge is 0.338 e. The van der Waals surface area contributed by atoms with E-state index in [1.807, 2.05) is 6.92 Å². The van der Waals surface area contributed by atoms with Crippen LogP contribution in [0.1, 0.15) is 49.9 Å². The van der Waals surface area contributed by atoms with Crippen LogP contribution in [-0.4, -0.2) is 12.1 Å². The fourth-order valence-electron chi connectivity index (χ4n) is 1.58. The standard InChI is InChI=1S/C14H19ClO2/c1-3-5-6-13(4-2)17-14(16)11-7-9-12(15)10-8-11/h7-10,13H,3-6H2,1-2H3/t13-/m0/s1. The minimum absolute atomic E-state index is 0.0260. The van der Waals surface area contributed by atoms with E-state index in [9.17, 15) is 4.79 Å². The van der Waals surface area contributed by atoms with Gasteiger partial charge in [-0.1, -0.05) is 38.3 Å². The zero-order valence-corrected chi connectivity index (χ0v) is 11.2. The van der Waals surface area contributed by atoms with Gasteiger partial charge in [0.1, 0.15) is 6.10 Å². The van der Waals surface area contributed by atoms with E-state index in [1.54, 1.807) is 24.3 Å². The van der Waals surface area contributed by atoms with E-state index in [4.69, 9.17) is 16.3 Å².